The number of nitrogens with two attached hydrogens (primary N) is 1. The highest BCUT2D eigenvalue weighted by molar-refractivity contribution is 7.89. The molecular weight excluding hydrogens is 1150 g/mol. The molecule has 0 bridgehead atoms. The maximum absolute atomic E-state index is 14.3. The minimum atomic E-state index is -5.04. The summed E-state index contributed by atoms with van der Waals surface area (Å²) in [6.07, 6.45) is 8.83. The molecule has 1 unspecified atom stereocenters. The molecule has 5 aromatic rings. The van der Waals surface area contributed by atoms with Gasteiger partial charge in [0.1, 0.15) is 4.90 Å². The van der Waals surface area contributed by atoms with E-state index >= 15 is 0 Å². The molecule has 0 spiro atoms. The van der Waals surface area contributed by atoms with Crippen molar-refractivity contribution in [1.82, 2.24) is 9.62 Å². The quantitative estimate of drug-likeness (QED) is 0.0359. The van der Waals surface area contributed by atoms with Crippen LogP contribution in [0.3, 0.4) is 0 Å². The van der Waals surface area contributed by atoms with E-state index in [1.54, 1.807) is 67.3 Å². The third-order valence-electron chi connectivity index (χ3n) is 14.2. The molecule has 0 saturated heterocycles. The first-order valence-electron chi connectivity index (χ1n) is 24.4. The summed E-state index contributed by atoms with van der Waals surface area (Å²) in [5, 5.41) is 8.93. The zero-order chi connectivity index (χ0) is 58.5. The number of hydrogen-bond donors (Lipinski definition) is 6. The Morgan fingerprint density at radius 1 is 0.658 bits per heavy atom. The fourth-order valence-corrected chi connectivity index (χ4v) is 14.8. The van der Waals surface area contributed by atoms with Crippen LogP contribution in [0.4, 0.5) is 11.4 Å². The number of amides is 1. The number of fused-ring (bicyclic) bond motifs is 6. The fraction of sp³-hybridized carbons (Fsp3) is 0.353. The normalized spacial score (nSPS) is 17.5. The Morgan fingerprint density at radius 3 is 1.86 bits per heavy atom. The van der Waals surface area contributed by atoms with Crippen LogP contribution in [0.1, 0.15) is 70.1 Å². The molecule has 79 heavy (non-hydrogen) atoms. The van der Waals surface area contributed by atoms with E-state index < -0.39 is 98.7 Å². The molecule has 2 heterocycles. The second-order valence-electron chi connectivity index (χ2n) is 20.4. The van der Waals surface area contributed by atoms with Gasteiger partial charge in [-0.15, -0.1) is 0 Å². The molecule has 0 saturated carbocycles. The van der Waals surface area contributed by atoms with Crippen molar-refractivity contribution in [2.75, 3.05) is 48.0 Å². The van der Waals surface area contributed by atoms with Crippen LogP contribution >= 0.6 is 0 Å². The van der Waals surface area contributed by atoms with Gasteiger partial charge in [-0.1, -0.05) is 88.4 Å². The van der Waals surface area contributed by atoms with Crippen molar-refractivity contribution in [3.63, 3.8) is 0 Å². The van der Waals surface area contributed by atoms with Gasteiger partial charge in [0.25, 0.3) is 40.5 Å². The third kappa shape index (κ3) is 13.4. The average molecular weight is 1210 g/mol. The number of nitrogens with zero attached hydrogens (tertiary/aromatic N) is 3. The highest BCUT2D eigenvalue weighted by Gasteiger charge is 2.45. The van der Waals surface area contributed by atoms with Gasteiger partial charge in [0.15, 0.2) is 0 Å². The third-order valence-corrected chi connectivity index (χ3v) is 20.3. The molecule has 5 aromatic carbocycles. The highest BCUT2D eigenvalue weighted by Crippen LogP contribution is 2.53. The Morgan fingerprint density at radius 2 is 1.27 bits per heavy atom. The molecule has 2 aliphatic rings. The maximum Gasteiger partial charge on any atom is 0.295 e. The number of benzene rings is 5. The molecule has 0 radical (unpaired) electrons. The molecular formula is C51H61N5O17S6. The van der Waals surface area contributed by atoms with Crippen LogP contribution in [-0.2, 0) is 82.7 Å². The van der Waals surface area contributed by atoms with E-state index in [2.05, 4.69) is 5.32 Å². The number of nitrogens with one attached hydrogen (secondary N) is 1. The van der Waals surface area contributed by atoms with Crippen molar-refractivity contribution >= 4 is 99.3 Å². The van der Waals surface area contributed by atoms with E-state index in [0.29, 0.717) is 45.0 Å². The Labute approximate surface area is 460 Å². The van der Waals surface area contributed by atoms with Crippen molar-refractivity contribution in [3.8, 4) is 0 Å². The summed E-state index contributed by atoms with van der Waals surface area (Å²) in [6.45, 7) is 7.70. The van der Waals surface area contributed by atoms with Crippen LogP contribution < -0.4 is 20.3 Å². The topological polar surface area (TPSA) is 351 Å². The molecule has 28 heteroatoms. The summed E-state index contributed by atoms with van der Waals surface area (Å²) in [5.41, 5.74) is 1.54. The van der Waals surface area contributed by atoms with Crippen molar-refractivity contribution in [2.24, 2.45) is 5.14 Å². The summed E-state index contributed by atoms with van der Waals surface area (Å²) in [6, 6.07) is 18.2. The second-order valence-corrected chi connectivity index (χ2v) is 29.9. The van der Waals surface area contributed by atoms with Crippen molar-refractivity contribution in [3.05, 3.63) is 132 Å². The fourth-order valence-electron chi connectivity index (χ4n) is 10.5. The largest absolute Gasteiger partial charge is 0.364 e. The molecule has 7 rings (SSSR count). The number of carbonyl (C=O) groups excluding carboxylic acids is 1. The lowest BCUT2D eigenvalue weighted by molar-refractivity contribution is -0.121. The van der Waals surface area contributed by atoms with Gasteiger partial charge in [0.2, 0.25) is 26.0 Å². The van der Waals surface area contributed by atoms with E-state index in [4.69, 9.17) is 5.14 Å². The zero-order valence-electron chi connectivity index (χ0n) is 43.5. The van der Waals surface area contributed by atoms with Crippen LogP contribution in [0.15, 0.2) is 135 Å². The Hall–Kier alpha value is -5.63. The lowest BCUT2D eigenvalue weighted by atomic mass is 9.78. The number of carbonyl (C=O) groups is 1. The van der Waals surface area contributed by atoms with E-state index in [1.165, 1.54) is 53.8 Å². The van der Waals surface area contributed by atoms with E-state index in [9.17, 15) is 73.5 Å². The number of sulfonamides is 2. The van der Waals surface area contributed by atoms with Crippen LogP contribution in [0.25, 0.3) is 21.5 Å². The van der Waals surface area contributed by atoms with Crippen LogP contribution in [0.2, 0.25) is 0 Å². The van der Waals surface area contributed by atoms with Crippen LogP contribution in [0, 0.1) is 0 Å². The summed E-state index contributed by atoms with van der Waals surface area (Å²) < 4.78 is 190. The van der Waals surface area contributed by atoms with Crippen LogP contribution in [0.5, 0.6) is 0 Å². The molecule has 7 N–H and O–H groups in total. The first kappa shape index (κ1) is 61.0. The van der Waals surface area contributed by atoms with E-state index in [0.717, 1.165) is 11.6 Å². The molecule has 1 amide bonds. The number of rotatable bonds is 22. The standard InChI is InChI=1S/C51H61N5O17S6/c1-50(2)45(15-7-6-8-16-46-51(3,4)49-40-31-36(78(68,69)70)32-44(79(71,72)73)38(40)23-25-42(49)56(46)28-12-30-75(61,62)63)55(27-11-29-74(58,59)60)41-24-22-37-39(48(41)50)13-9-14-43(37)77(66,67)54(5)26-10-17-47(57)53-33-34-18-20-35(21-19-34)76(52,64)65/h6-9,13-16,18-25,31-32,45H,10-12,17,26-30,33H2,1-5H3,(H,53,57)(H2,52,64,65)(H,58,59,60)(H,61,62,63)(H,68,69,70)(H,71,72,73)/b8-6?,15-7+,46-16?. The highest BCUT2D eigenvalue weighted by atomic mass is 32.2. The van der Waals surface area contributed by atoms with Gasteiger partial charge in [0.05, 0.1) is 32.2 Å². The molecule has 1 atom stereocenters. The van der Waals surface area contributed by atoms with Gasteiger partial charge in [0, 0.05) is 78.3 Å². The molecule has 22 nitrogen and oxygen atoms in total. The van der Waals surface area contributed by atoms with Crippen molar-refractivity contribution in [1.29, 1.82) is 0 Å². The summed E-state index contributed by atoms with van der Waals surface area (Å²) in [4.78, 5) is 14.8. The van der Waals surface area contributed by atoms with Gasteiger partial charge in [-0.2, -0.15) is 33.7 Å². The van der Waals surface area contributed by atoms with Gasteiger partial charge >= 0.3 is 0 Å². The number of allylic oxidation sites excluding steroid dienone is 5. The summed E-state index contributed by atoms with van der Waals surface area (Å²) in [5.74, 6) is -1.49. The Kier molecular flexibility index (Phi) is 17.3. The smallest absolute Gasteiger partial charge is 0.295 e. The van der Waals surface area contributed by atoms with Crippen molar-refractivity contribution < 1.29 is 73.5 Å². The molecule has 2 aliphatic heterocycles. The molecule has 0 aromatic heterocycles. The molecule has 0 aliphatic carbocycles. The predicted molar refractivity (Wildman–Crippen MR) is 299 cm³/mol. The summed E-state index contributed by atoms with van der Waals surface area (Å²) in [7, 11) is -25.4. The van der Waals surface area contributed by atoms with E-state index in [-0.39, 0.29) is 78.3 Å². The molecule has 428 valence electrons. The van der Waals surface area contributed by atoms with E-state index in [1.807, 2.05) is 24.8 Å². The zero-order valence-corrected chi connectivity index (χ0v) is 48.4. The lowest BCUT2D eigenvalue weighted by Crippen LogP contribution is -2.40. The monoisotopic (exact) mass is 1210 g/mol. The molecule has 0 fully saturated rings. The van der Waals surface area contributed by atoms with Gasteiger partial charge in [-0.25, -0.2) is 26.3 Å². The summed E-state index contributed by atoms with van der Waals surface area (Å²) >= 11 is 0. The minimum Gasteiger partial charge on any atom is -0.364 e. The van der Waals surface area contributed by atoms with Gasteiger partial charge < -0.3 is 15.1 Å². The second kappa shape index (κ2) is 22.4. The SMILES string of the molecule is CN(CCCC(=O)NCc1ccc(S(N)(=O)=O)cc1)S(=O)(=O)c1cccc2c3c(ccc12)N(CCCS(=O)(=O)O)C(/C=C/C=CC=C1N(CCCS(=O)(=O)O)c2ccc4c(S(=O)(=O)O)cc(S(=O)(=O)O)cc4c2C1(C)C)C3(C)C. The number of anilines is 2. The Bertz CT molecular complexity index is 4050. The minimum absolute atomic E-state index is 0.00548. The lowest BCUT2D eigenvalue weighted by Gasteiger charge is -2.32. The number of primary sulfonamides is 1. The predicted octanol–water partition coefficient (Wildman–Crippen LogP) is 5.67. The van der Waals surface area contributed by atoms with Gasteiger partial charge in [-0.3, -0.25) is 23.0 Å². The van der Waals surface area contributed by atoms with Crippen LogP contribution in [-0.4, -0.2) is 123 Å². The number of hydrogen-bond acceptors (Lipinski definition) is 15. The maximum atomic E-state index is 14.3. The van der Waals surface area contributed by atoms with Crippen molar-refractivity contribution in [2.45, 2.75) is 96.4 Å². The van der Waals surface area contributed by atoms with Gasteiger partial charge in [-0.05, 0) is 95.3 Å². The first-order chi connectivity index (χ1) is 36.4. The average Bonchev–Trinajstić information content (AvgIpc) is 3.93. The first-order valence-corrected chi connectivity index (χ1v) is 33.5. The Balaban J connectivity index is 1.18.